The molecule has 88 valence electrons. The summed E-state index contributed by atoms with van der Waals surface area (Å²) in [5.74, 6) is 1.85. The number of hydrogen-bond donors (Lipinski definition) is 2. The molecule has 0 aliphatic heterocycles. The number of nitrogens with zero attached hydrogens (tertiary/aromatic N) is 1. The van der Waals surface area contributed by atoms with E-state index in [1.54, 1.807) is 0 Å². The molecule has 1 saturated carbocycles. The van der Waals surface area contributed by atoms with Crippen LogP contribution in [-0.2, 0) is 0 Å². The zero-order chi connectivity index (χ0) is 11.5. The molecular weight excluding hydrogens is 198 g/mol. The number of nitrogens with one attached hydrogen (secondary N) is 1. The number of hydrogen-bond acceptors (Lipinski definition) is 3. The van der Waals surface area contributed by atoms with Crippen molar-refractivity contribution < 1.29 is 0 Å². The largest absolute Gasteiger partial charge is 0.397 e. The average Bonchev–Trinajstić information content (AvgIpc) is 2.27. The van der Waals surface area contributed by atoms with Crippen molar-refractivity contribution in [2.24, 2.45) is 5.92 Å². The predicted octanol–water partition coefficient (Wildman–Crippen LogP) is 2.96. The first-order valence-electron chi connectivity index (χ1n) is 6.15. The molecule has 2 rings (SSSR count). The third kappa shape index (κ3) is 2.65. The summed E-state index contributed by atoms with van der Waals surface area (Å²) in [6.07, 6.45) is 5.16. The molecule has 1 aliphatic carbocycles. The van der Waals surface area contributed by atoms with Gasteiger partial charge in [-0.05, 0) is 50.7 Å². The highest BCUT2D eigenvalue weighted by Crippen LogP contribution is 2.25. The second kappa shape index (κ2) is 4.73. The Bertz CT molecular complexity index is 354. The first-order chi connectivity index (χ1) is 7.65. The summed E-state index contributed by atoms with van der Waals surface area (Å²) in [5.41, 5.74) is 7.43. The Morgan fingerprint density at radius 2 is 1.94 bits per heavy atom. The van der Waals surface area contributed by atoms with Crippen LogP contribution in [0.5, 0.6) is 0 Å². The molecule has 1 aliphatic rings. The van der Waals surface area contributed by atoms with E-state index in [2.05, 4.69) is 17.2 Å². The van der Waals surface area contributed by atoms with Crippen molar-refractivity contribution in [3.63, 3.8) is 0 Å². The van der Waals surface area contributed by atoms with Crippen LogP contribution in [-0.4, -0.2) is 11.0 Å². The number of nitrogen functional groups attached to an aromatic ring is 1. The van der Waals surface area contributed by atoms with Crippen LogP contribution in [0, 0.1) is 12.8 Å². The van der Waals surface area contributed by atoms with E-state index in [0.717, 1.165) is 23.1 Å². The maximum atomic E-state index is 5.75. The van der Waals surface area contributed by atoms with Gasteiger partial charge in [-0.2, -0.15) is 0 Å². The zero-order valence-corrected chi connectivity index (χ0v) is 10.2. The van der Waals surface area contributed by atoms with Gasteiger partial charge < -0.3 is 11.1 Å². The van der Waals surface area contributed by atoms with Gasteiger partial charge in [0.25, 0.3) is 0 Å². The highest BCUT2D eigenvalue weighted by Gasteiger charge is 2.18. The van der Waals surface area contributed by atoms with Gasteiger partial charge in [-0.1, -0.05) is 6.92 Å². The first-order valence-corrected chi connectivity index (χ1v) is 6.15. The standard InChI is InChI=1S/C13H21N3/c1-9-3-5-11(6-4-9)16-13-8-7-12(14)10(2)15-13/h7-9,11H,3-6,14H2,1-2H3,(H,15,16). The van der Waals surface area contributed by atoms with Crippen molar-refractivity contribution in [1.29, 1.82) is 0 Å². The summed E-state index contributed by atoms with van der Waals surface area (Å²) in [5, 5.41) is 3.50. The second-order valence-electron chi connectivity index (χ2n) is 4.97. The molecule has 1 aromatic heterocycles. The number of aromatic nitrogens is 1. The summed E-state index contributed by atoms with van der Waals surface area (Å²) in [4.78, 5) is 4.45. The maximum Gasteiger partial charge on any atom is 0.126 e. The van der Waals surface area contributed by atoms with Crippen LogP contribution in [0.2, 0.25) is 0 Å². The van der Waals surface area contributed by atoms with Crippen molar-refractivity contribution in [2.45, 2.75) is 45.6 Å². The Hall–Kier alpha value is -1.25. The summed E-state index contributed by atoms with van der Waals surface area (Å²) in [6, 6.07) is 4.49. The number of nitrogens with two attached hydrogens (primary N) is 1. The average molecular weight is 219 g/mol. The minimum atomic E-state index is 0.590. The van der Waals surface area contributed by atoms with E-state index >= 15 is 0 Å². The van der Waals surface area contributed by atoms with E-state index in [0.29, 0.717) is 6.04 Å². The van der Waals surface area contributed by atoms with E-state index in [1.807, 2.05) is 19.1 Å². The van der Waals surface area contributed by atoms with Gasteiger partial charge in [0, 0.05) is 6.04 Å². The molecule has 0 atom stereocenters. The van der Waals surface area contributed by atoms with Crippen molar-refractivity contribution in [1.82, 2.24) is 4.98 Å². The monoisotopic (exact) mass is 219 g/mol. The fraction of sp³-hybridized carbons (Fsp3) is 0.615. The summed E-state index contributed by atoms with van der Waals surface area (Å²) in [7, 11) is 0. The molecule has 0 bridgehead atoms. The van der Waals surface area contributed by atoms with Gasteiger partial charge in [-0.15, -0.1) is 0 Å². The first kappa shape index (κ1) is 11.2. The van der Waals surface area contributed by atoms with Crippen LogP contribution < -0.4 is 11.1 Å². The summed E-state index contributed by atoms with van der Waals surface area (Å²) < 4.78 is 0. The van der Waals surface area contributed by atoms with Gasteiger partial charge >= 0.3 is 0 Å². The molecule has 1 heterocycles. The Labute approximate surface area is 97.5 Å². The van der Waals surface area contributed by atoms with Crippen LogP contribution in [0.25, 0.3) is 0 Å². The minimum absolute atomic E-state index is 0.590. The molecule has 1 fully saturated rings. The normalized spacial score (nSPS) is 25.4. The lowest BCUT2D eigenvalue weighted by Gasteiger charge is -2.27. The third-order valence-corrected chi connectivity index (χ3v) is 3.49. The van der Waals surface area contributed by atoms with Crippen LogP contribution in [0.15, 0.2) is 12.1 Å². The molecule has 16 heavy (non-hydrogen) atoms. The van der Waals surface area contributed by atoms with E-state index in [9.17, 15) is 0 Å². The Morgan fingerprint density at radius 1 is 1.25 bits per heavy atom. The number of anilines is 2. The highest BCUT2D eigenvalue weighted by molar-refractivity contribution is 5.49. The smallest absolute Gasteiger partial charge is 0.126 e. The topological polar surface area (TPSA) is 50.9 Å². The van der Waals surface area contributed by atoms with Crippen LogP contribution >= 0.6 is 0 Å². The fourth-order valence-corrected chi connectivity index (χ4v) is 2.27. The summed E-state index contributed by atoms with van der Waals surface area (Å²) >= 11 is 0. The van der Waals surface area contributed by atoms with Crippen molar-refractivity contribution in [3.8, 4) is 0 Å². The van der Waals surface area contributed by atoms with Gasteiger partial charge in [0.15, 0.2) is 0 Å². The lowest BCUT2D eigenvalue weighted by molar-refractivity contribution is 0.361. The van der Waals surface area contributed by atoms with E-state index in [1.165, 1.54) is 25.7 Å². The van der Waals surface area contributed by atoms with Gasteiger partial charge in [-0.25, -0.2) is 4.98 Å². The minimum Gasteiger partial charge on any atom is -0.397 e. The molecule has 3 N–H and O–H groups in total. The maximum absolute atomic E-state index is 5.75. The molecule has 1 aromatic rings. The van der Waals surface area contributed by atoms with Crippen molar-refractivity contribution in [2.75, 3.05) is 11.1 Å². The van der Waals surface area contributed by atoms with E-state index < -0.39 is 0 Å². The second-order valence-corrected chi connectivity index (χ2v) is 4.97. The molecule has 0 radical (unpaired) electrons. The molecule has 0 saturated heterocycles. The Balaban J connectivity index is 1.96. The van der Waals surface area contributed by atoms with Crippen LogP contribution in [0.1, 0.15) is 38.3 Å². The summed E-state index contributed by atoms with van der Waals surface area (Å²) in [6.45, 7) is 4.28. The molecular formula is C13H21N3. The Morgan fingerprint density at radius 3 is 2.56 bits per heavy atom. The lowest BCUT2D eigenvalue weighted by Crippen LogP contribution is -2.25. The van der Waals surface area contributed by atoms with Gasteiger partial charge in [0.05, 0.1) is 11.4 Å². The highest BCUT2D eigenvalue weighted by atomic mass is 15.0. The van der Waals surface area contributed by atoms with Crippen molar-refractivity contribution in [3.05, 3.63) is 17.8 Å². The van der Waals surface area contributed by atoms with E-state index in [-0.39, 0.29) is 0 Å². The quantitative estimate of drug-likeness (QED) is 0.804. The zero-order valence-electron chi connectivity index (χ0n) is 10.2. The molecule has 3 nitrogen and oxygen atoms in total. The molecule has 0 spiro atoms. The van der Waals surface area contributed by atoms with Crippen LogP contribution in [0.3, 0.4) is 0 Å². The SMILES string of the molecule is Cc1nc(NC2CCC(C)CC2)ccc1N. The third-order valence-electron chi connectivity index (χ3n) is 3.49. The lowest BCUT2D eigenvalue weighted by atomic mass is 9.87. The predicted molar refractivity (Wildman–Crippen MR) is 68.4 cm³/mol. The Kier molecular flexibility index (Phi) is 3.32. The number of aryl methyl sites for hydroxylation is 1. The van der Waals surface area contributed by atoms with Gasteiger partial charge in [0.2, 0.25) is 0 Å². The van der Waals surface area contributed by atoms with Gasteiger partial charge in [0.1, 0.15) is 5.82 Å². The molecule has 0 amide bonds. The van der Waals surface area contributed by atoms with Crippen molar-refractivity contribution >= 4 is 11.5 Å². The molecule has 0 unspecified atom stereocenters. The molecule has 0 aromatic carbocycles. The van der Waals surface area contributed by atoms with E-state index in [4.69, 9.17) is 5.73 Å². The molecule has 3 heteroatoms. The number of rotatable bonds is 2. The fourth-order valence-electron chi connectivity index (χ4n) is 2.27. The van der Waals surface area contributed by atoms with Gasteiger partial charge in [-0.3, -0.25) is 0 Å². The number of pyridine rings is 1. The van der Waals surface area contributed by atoms with Crippen LogP contribution in [0.4, 0.5) is 11.5 Å².